The minimum atomic E-state index is -1.17. The Balaban J connectivity index is 2.44. The molecular weight excluding hydrogens is 194 g/mol. The van der Waals surface area contributed by atoms with Gasteiger partial charge in [-0.3, -0.25) is 4.79 Å². The topological polar surface area (TPSA) is 69.4 Å². The van der Waals surface area contributed by atoms with Crippen LogP contribution in [0.5, 0.6) is 0 Å². The molecule has 1 atom stereocenters. The molecule has 0 aliphatic heterocycles. The molecule has 0 spiro atoms. The molecule has 0 fully saturated rings. The molecule has 0 amide bonds. The molecule has 4 heteroatoms. The van der Waals surface area contributed by atoms with Crippen molar-refractivity contribution in [2.45, 2.75) is 19.6 Å². The molecule has 80 valence electrons. The lowest BCUT2D eigenvalue weighted by Gasteiger charge is -2.08. The van der Waals surface area contributed by atoms with E-state index in [0.29, 0.717) is 0 Å². The SMILES string of the molecule is CC(=O)[C@H](N)C(=O)OCc1ccccc1. The maximum absolute atomic E-state index is 11.2. The van der Waals surface area contributed by atoms with Crippen LogP contribution in [0.15, 0.2) is 30.3 Å². The van der Waals surface area contributed by atoms with Crippen LogP contribution >= 0.6 is 0 Å². The van der Waals surface area contributed by atoms with Crippen LogP contribution in [0.25, 0.3) is 0 Å². The molecule has 0 aliphatic carbocycles. The van der Waals surface area contributed by atoms with Crippen molar-refractivity contribution in [1.29, 1.82) is 0 Å². The van der Waals surface area contributed by atoms with Crippen molar-refractivity contribution >= 4 is 11.8 Å². The Morgan fingerprint density at radius 3 is 2.47 bits per heavy atom. The summed E-state index contributed by atoms with van der Waals surface area (Å²) in [5, 5.41) is 0. The van der Waals surface area contributed by atoms with Gasteiger partial charge in [-0.2, -0.15) is 0 Å². The molecule has 0 heterocycles. The Bertz CT molecular complexity index is 348. The Morgan fingerprint density at radius 1 is 1.33 bits per heavy atom. The fraction of sp³-hybridized carbons (Fsp3) is 0.273. The van der Waals surface area contributed by atoms with Gasteiger partial charge in [0.2, 0.25) is 0 Å². The number of carbonyl (C=O) groups is 2. The molecule has 1 rings (SSSR count). The maximum Gasteiger partial charge on any atom is 0.330 e. The largest absolute Gasteiger partial charge is 0.459 e. The summed E-state index contributed by atoms with van der Waals surface area (Å²) in [6.45, 7) is 1.40. The van der Waals surface area contributed by atoms with Crippen LogP contribution in [0.1, 0.15) is 12.5 Å². The molecule has 4 nitrogen and oxygen atoms in total. The monoisotopic (exact) mass is 207 g/mol. The molecule has 0 aromatic heterocycles. The highest BCUT2D eigenvalue weighted by Crippen LogP contribution is 2.01. The molecule has 0 saturated heterocycles. The second-order valence-corrected chi connectivity index (χ2v) is 3.18. The standard InChI is InChI=1S/C11H13NO3/c1-8(13)10(12)11(14)15-7-9-5-3-2-4-6-9/h2-6,10H,7,12H2,1H3/t10-/m0/s1. The van der Waals surface area contributed by atoms with E-state index in [1.807, 2.05) is 30.3 Å². The van der Waals surface area contributed by atoms with Gasteiger partial charge in [-0.15, -0.1) is 0 Å². The number of esters is 1. The zero-order valence-corrected chi connectivity index (χ0v) is 8.47. The third-order valence-electron chi connectivity index (χ3n) is 1.92. The third kappa shape index (κ3) is 3.52. The highest BCUT2D eigenvalue weighted by Gasteiger charge is 2.19. The van der Waals surface area contributed by atoms with E-state index in [1.54, 1.807) is 0 Å². The van der Waals surface area contributed by atoms with Gasteiger partial charge in [-0.1, -0.05) is 30.3 Å². The molecule has 0 saturated carbocycles. The first-order valence-corrected chi connectivity index (χ1v) is 4.58. The highest BCUT2D eigenvalue weighted by molar-refractivity contribution is 6.01. The summed E-state index contributed by atoms with van der Waals surface area (Å²) < 4.78 is 4.87. The fourth-order valence-corrected chi connectivity index (χ4v) is 0.984. The number of carbonyl (C=O) groups excluding carboxylic acids is 2. The fourth-order valence-electron chi connectivity index (χ4n) is 0.984. The Hall–Kier alpha value is -1.68. The smallest absolute Gasteiger partial charge is 0.330 e. The number of benzene rings is 1. The maximum atomic E-state index is 11.2. The minimum absolute atomic E-state index is 0.140. The number of ketones is 1. The van der Waals surface area contributed by atoms with Gasteiger partial charge in [0, 0.05) is 0 Å². The third-order valence-corrected chi connectivity index (χ3v) is 1.92. The van der Waals surface area contributed by atoms with Gasteiger partial charge in [0.05, 0.1) is 0 Å². The number of nitrogens with two attached hydrogens (primary N) is 1. The quantitative estimate of drug-likeness (QED) is 0.581. The van der Waals surface area contributed by atoms with Gasteiger partial charge >= 0.3 is 5.97 Å². The minimum Gasteiger partial charge on any atom is -0.459 e. The lowest BCUT2D eigenvalue weighted by atomic mass is 10.2. The Labute approximate surface area is 88.0 Å². The summed E-state index contributed by atoms with van der Waals surface area (Å²) in [6.07, 6.45) is 0. The molecule has 0 bridgehead atoms. The zero-order chi connectivity index (χ0) is 11.3. The first-order chi connectivity index (χ1) is 7.11. The number of ether oxygens (including phenoxy) is 1. The van der Waals surface area contributed by atoms with E-state index in [4.69, 9.17) is 10.5 Å². The van der Waals surface area contributed by atoms with Gasteiger partial charge in [-0.25, -0.2) is 4.79 Å². The van der Waals surface area contributed by atoms with E-state index in [-0.39, 0.29) is 6.61 Å². The summed E-state index contributed by atoms with van der Waals surface area (Å²) in [7, 11) is 0. The number of rotatable bonds is 4. The van der Waals surface area contributed by atoms with Gasteiger partial charge < -0.3 is 10.5 Å². The molecular formula is C11H13NO3. The van der Waals surface area contributed by atoms with E-state index in [0.717, 1.165) is 5.56 Å². The van der Waals surface area contributed by atoms with Gasteiger partial charge in [-0.05, 0) is 12.5 Å². The van der Waals surface area contributed by atoms with Crippen LogP contribution in [-0.2, 0) is 20.9 Å². The van der Waals surface area contributed by atoms with E-state index in [1.165, 1.54) is 6.92 Å². The molecule has 1 aromatic rings. The van der Waals surface area contributed by atoms with Crippen LogP contribution in [0.4, 0.5) is 0 Å². The summed E-state index contributed by atoms with van der Waals surface area (Å²) in [4.78, 5) is 22.0. The summed E-state index contributed by atoms with van der Waals surface area (Å²) in [5.74, 6) is -1.08. The first kappa shape index (κ1) is 11.4. The normalized spacial score (nSPS) is 11.9. The zero-order valence-electron chi connectivity index (χ0n) is 8.47. The highest BCUT2D eigenvalue weighted by atomic mass is 16.5. The van der Waals surface area contributed by atoms with E-state index in [9.17, 15) is 9.59 Å². The van der Waals surface area contributed by atoms with E-state index >= 15 is 0 Å². The van der Waals surface area contributed by atoms with Crippen molar-refractivity contribution in [3.05, 3.63) is 35.9 Å². The summed E-state index contributed by atoms with van der Waals surface area (Å²) in [6, 6.07) is 8.03. The van der Waals surface area contributed by atoms with Crippen molar-refractivity contribution in [3.63, 3.8) is 0 Å². The predicted molar refractivity (Wildman–Crippen MR) is 54.9 cm³/mol. The van der Waals surface area contributed by atoms with Crippen molar-refractivity contribution in [1.82, 2.24) is 0 Å². The molecule has 1 aromatic carbocycles. The van der Waals surface area contributed by atoms with Crippen LogP contribution in [-0.4, -0.2) is 17.8 Å². The molecule has 15 heavy (non-hydrogen) atoms. The summed E-state index contributed by atoms with van der Waals surface area (Å²) >= 11 is 0. The average Bonchev–Trinajstić information content (AvgIpc) is 2.26. The van der Waals surface area contributed by atoms with Crippen molar-refractivity contribution in [2.75, 3.05) is 0 Å². The van der Waals surface area contributed by atoms with Crippen molar-refractivity contribution < 1.29 is 14.3 Å². The van der Waals surface area contributed by atoms with Gasteiger partial charge in [0.25, 0.3) is 0 Å². The lowest BCUT2D eigenvalue weighted by Crippen LogP contribution is -2.38. The first-order valence-electron chi connectivity index (χ1n) is 4.58. The van der Waals surface area contributed by atoms with Crippen molar-refractivity contribution in [3.8, 4) is 0 Å². The molecule has 0 unspecified atom stereocenters. The Morgan fingerprint density at radius 2 is 1.93 bits per heavy atom. The van der Waals surface area contributed by atoms with Crippen LogP contribution < -0.4 is 5.73 Å². The number of hydrogen-bond acceptors (Lipinski definition) is 4. The second-order valence-electron chi connectivity index (χ2n) is 3.18. The van der Waals surface area contributed by atoms with E-state index < -0.39 is 17.8 Å². The Kier molecular flexibility index (Phi) is 4.00. The number of hydrogen-bond donors (Lipinski definition) is 1. The average molecular weight is 207 g/mol. The predicted octanol–water partition coefficient (Wildman–Crippen LogP) is 0.646. The van der Waals surface area contributed by atoms with Crippen LogP contribution in [0, 0.1) is 0 Å². The van der Waals surface area contributed by atoms with Gasteiger partial charge in [0.1, 0.15) is 6.61 Å². The molecule has 0 aliphatic rings. The summed E-state index contributed by atoms with van der Waals surface area (Å²) in [5.41, 5.74) is 6.16. The second kappa shape index (κ2) is 5.26. The van der Waals surface area contributed by atoms with Crippen molar-refractivity contribution in [2.24, 2.45) is 5.73 Å². The molecule has 2 N–H and O–H groups in total. The lowest BCUT2D eigenvalue weighted by molar-refractivity contribution is -0.148. The van der Waals surface area contributed by atoms with Crippen LogP contribution in [0.3, 0.4) is 0 Å². The molecule has 0 radical (unpaired) electrons. The van der Waals surface area contributed by atoms with Gasteiger partial charge in [0.15, 0.2) is 11.8 Å². The van der Waals surface area contributed by atoms with Crippen LogP contribution in [0.2, 0.25) is 0 Å². The number of Topliss-reactive ketones (excluding diaryl/α,β-unsaturated/α-hetero) is 1. The van der Waals surface area contributed by atoms with E-state index in [2.05, 4.69) is 0 Å².